The van der Waals surface area contributed by atoms with Crippen LogP contribution in [0.4, 0.5) is 0 Å². The van der Waals surface area contributed by atoms with Crippen molar-refractivity contribution in [1.82, 2.24) is 15.6 Å². The molecule has 1 aromatic heterocycles. The number of benzene rings is 2. The fraction of sp³-hybridized carbons (Fsp3) is 0.190. The number of fused-ring (bicyclic) bond motifs is 1. The number of aryl methyl sites for hydroxylation is 1. The normalized spacial score (nSPS) is 13.3. The van der Waals surface area contributed by atoms with Crippen LogP contribution in [0, 0.1) is 0 Å². The number of hydrazone groups is 1. The predicted octanol–water partition coefficient (Wildman–Crippen LogP) is 3.84. The Balaban J connectivity index is 1.40. The molecule has 2 N–H and O–H groups in total. The van der Waals surface area contributed by atoms with Gasteiger partial charge in [0.15, 0.2) is 5.69 Å². The molecule has 1 aliphatic carbocycles. The van der Waals surface area contributed by atoms with Crippen molar-refractivity contribution in [3.05, 3.63) is 77.1 Å². The number of ether oxygens (including phenoxy) is 1. The molecule has 0 radical (unpaired) electrons. The van der Waals surface area contributed by atoms with Gasteiger partial charge in [0, 0.05) is 11.3 Å². The molecule has 0 aliphatic heterocycles. The van der Waals surface area contributed by atoms with Crippen molar-refractivity contribution in [3.8, 4) is 11.5 Å². The number of amides is 1. The summed E-state index contributed by atoms with van der Waals surface area (Å²) in [5.74, 6) is 1.18. The number of hydrogen-bond acceptors (Lipinski definition) is 4. The number of hydrogen-bond donors (Lipinski definition) is 2. The molecule has 1 heterocycles. The molecule has 1 amide bonds. The van der Waals surface area contributed by atoms with E-state index in [0.717, 1.165) is 48.3 Å². The topological polar surface area (TPSA) is 79.4 Å². The number of rotatable bonds is 5. The Kier molecular flexibility index (Phi) is 4.96. The maximum atomic E-state index is 12.3. The van der Waals surface area contributed by atoms with Gasteiger partial charge in [0.25, 0.3) is 5.91 Å². The average Bonchev–Trinajstić information content (AvgIpc) is 3.13. The van der Waals surface area contributed by atoms with E-state index in [1.54, 1.807) is 6.21 Å². The predicted molar refractivity (Wildman–Crippen MR) is 103 cm³/mol. The molecular weight excluding hydrogens is 340 g/mol. The standard InChI is InChI=1S/C21H20N4O2/c26-21(20-18-11-4-5-12-19(18)23-24-20)25-22-14-15-7-6-10-17(13-15)27-16-8-2-1-3-9-16/h1-3,6-10,13-14H,4-5,11-12H2,(H,23,24)(H,25,26)/b22-14-. The summed E-state index contributed by atoms with van der Waals surface area (Å²) in [5, 5.41) is 11.2. The number of para-hydroxylation sites is 1. The van der Waals surface area contributed by atoms with E-state index >= 15 is 0 Å². The lowest BCUT2D eigenvalue weighted by Crippen LogP contribution is -2.20. The smallest absolute Gasteiger partial charge is 0.292 e. The van der Waals surface area contributed by atoms with Gasteiger partial charge in [-0.1, -0.05) is 30.3 Å². The molecule has 4 rings (SSSR count). The van der Waals surface area contributed by atoms with Crippen molar-refractivity contribution in [3.63, 3.8) is 0 Å². The Bertz CT molecular complexity index is 963. The molecule has 136 valence electrons. The molecule has 0 fully saturated rings. The fourth-order valence-electron chi connectivity index (χ4n) is 3.17. The molecule has 0 saturated carbocycles. The molecule has 3 aromatic rings. The van der Waals surface area contributed by atoms with Gasteiger partial charge < -0.3 is 4.74 Å². The number of nitrogens with one attached hydrogen (secondary N) is 2. The van der Waals surface area contributed by atoms with Gasteiger partial charge in [-0.05, 0) is 55.5 Å². The summed E-state index contributed by atoms with van der Waals surface area (Å²) >= 11 is 0. The zero-order valence-electron chi connectivity index (χ0n) is 14.8. The second-order valence-electron chi connectivity index (χ2n) is 6.42. The summed E-state index contributed by atoms with van der Waals surface area (Å²) in [5.41, 5.74) is 5.92. The van der Waals surface area contributed by atoms with E-state index in [1.165, 1.54) is 0 Å². The molecule has 1 aliphatic rings. The lowest BCUT2D eigenvalue weighted by Gasteiger charge is -2.10. The first-order valence-corrected chi connectivity index (χ1v) is 9.02. The third-order valence-corrected chi connectivity index (χ3v) is 4.49. The number of nitrogens with zero attached hydrogens (tertiary/aromatic N) is 2. The van der Waals surface area contributed by atoms with Crippen molar-refractivity contribution < 1.29 is 9.53 Å². The number of carbonyl (C=O) groups is 1. The highest BCUT2D eigenvalue weighted by molar-refractivity contribution is 5.94. The van der Waals surface area contributed by atoms with Gasteiger partial charge in [-0.3, -0.25) is 9.89 Å². The first kappa shape index (κ1) is 17.0. The maximum Gasteiger partial charge on any atom is 0.292 e. The van der Waals surface area contributed by atoms with Crippen molar-refractivity contribution >= 4 is 12.1 Å². The minimum absolute atomic E-state index is 0.289. The lowest BCUT2D eigenvalue weighted by molar-refractivity contribution is 0.0949. The average molecular weight is 360 g/mol. The number of carbonyl (C=O) groups excluding carboxylic acids is 1. The van der Waals surface area contributed by atoms with Crippen molar-refractivity contribution in [1.29, 1.82) is 0 Å². The number of aromatic nitrogens is 2. The van der Waals surface area contributed by atoms with Gasteiger partial charge in [0.05, 0.1) is 6.21 Å². The van der Waals surface area contributed by atoms with Crippen LogP contribution < -0.4 is 10.2 Å². The van der Waals surface area contributed by atoms with E-state index in [1.807, 2.05) is 54.6 Å². The molecule has 0 saturated heterocycles. The van der Waals surface area contributed by atoms with E-state index in [4.69, 9.17) is 4.74 Å². The molecule has 6 nitrogen and oxygen atoms in total. The Morgan fingerprint density at radius 1 is 1.07 bits per heavy atom. The highest BCUT2D eigenvalue weighted by Crippen LogP contribution is 2.22. The van der Waals surface area contributed by atoms with Gasteiger partial charge in [-0.2, -0.15) is 10.2 Å². The van der Waals surface area contributed by atoms with Crippen LogP contribution in [0.15, 0.2) is 59.7 Å². The molecule has 0 bridgehead atoms. The number of H-pyrrole nitrogens is 1. The van der Waals surface area contributed by atoms with Crippen LogP contribution in [0.1, 0.15) is 40.2 Å². The number of aromatic amines is 1. The molecule has 0 spiro atoms. The zero-order chi connectivity index (χ0) is 18.5. The van der Waals surface area contributed by atoms with Crippen molar-refractivity contribution in [2.75, 3.05) is 0 Å². The van der Waals surface area contributed by atoms with Crippen LogP contribution in [-0.2, 0) is 12.8 Å². The molecular formula is C21H20N4O2. The molecule has 0 atom stereocenters. The first-order chi connectivity index (χ1) is 13.3. The van der Waals surface area contributed by atoms with Gasteiger partial charge in [0.1, 0.15) is 11.5 Å². The van der Waals surface area contributed by atoms with Crippen LogP contribution in [-0.4, -0.2) is 22.3 Å². The summed E-state index contributed by atoms with van der Waals surface area (Å²) in [6, 6.07) is 17.1. The zero-order valence-corrected chi connectivity index (χ0v) is 14.8. The highest BCUT2D eigenvalue weighted by atomic mass is 16.5. The summed E-state index contributed by atoms with van der Waals surface area (Å²) in [6.07, 6.45) is 5.65. The summed E-state index contributed by atoms with van der Waals surface area (Å²) in [7, 11) is 0. The maximum absolute atomic E-state index is 12.3. The Morgan fingerprint density at radius 3 is 2.78 bits per heavy atom. The Labute approximate surface area is 157 Å². The summed E-state index contributed by atoms with van der Waals surface area (Å²) in [4.78, 5) is 12.3. The van der Waals surface area contributed by atoms with E-state index in [2.05, 4.69) is 20.7 Å². The largest absolute Gasteiger partial charge is 0.457 e. The molecule has 0 unspecified atom stereocenters. The van der Waals surface area contributed by atoms with Crippen LogP contribution in [0.2, 0.25) is 0 Å². The van der Waals surface area contributed by atoms with E-state index in [0.29, 0.717) is 11.4 Å². The second kappa shape index (κ2) is 7.86. The van der Waals surface area contributed by atoms with Crippen molar-refractivity contribution in [2.24, 2.45) is 5.10 Å². The van der Waals surface area contributed by atoms with Crippen LogP contribution >= 0.6 is 0 Å². The summed E-state index contributed by atoms with van der Waals surface area (Å²) in [6.45, 7) is 0. The van der Waals surface area contributed by atoms with Gasteiger partial charge in [0.2, 0.25) is 0 Å². The first-order valence-electron chi connectivity index (χ1n) is 9.02. The Morgan fingerprint density at radius 2 is 1.89 bits per heavy atom. The molecule has 6 heteroatoms. The minimum Gasteiger partial charge on any atom is -0.457 e. The fourth-order valence-corrected chi connectivity index (χ4v) is 3.17. The summed E-state index contributed by atoms with van der Waals surface area (Å²) < 4.78 is 5.80. The van der Waals surface area contributed by atoms with Gasteiger partial charge >= 0.3 is 0 Å². The quantitative estimate of drug-likeness (QED) is 0.536. The molecule has 2 aromatic carbocycles. The highest BCUT2D eigenvalue weighted by Gasteiger charge is 2.21. The van der Waals surface area contributed by atoms with E-state index < -0.39 is 0 Å². The van der Waals surface area contributed by atoms with E-state index in [-0.39, 0.29) is 5.91 Å². The SMILES string of the molecule is O=C(N/N=C\c1cccc(Oc2ccccc2)c1)c1n[nH]c2c1CCCC2. The van der Waals surface area contributed by atoms with Crippen molar-refractivity contribution in [2.45, 2.75) is 25.7 Å². The monoisotopic (exact) mass is 360 g/mol. The Hall–Kier alpha value is -3.41. The van der Waals surface area contributed by atoms with Crippen LogP contribution in [0.3, 0.4) is 0 Å². The lowest BCUT2D eigenvalue weighted by atomic mass is 9.96. The van der Waals surface area contributed by atoms with Crippen LogP contribution in [0.25, 0.3) is 0 Å². The van der Waals surface area contributed by atoms with E-state index in [9.17, 15) is 4.79 Å². The second-order valence-corrected chi connectivity index (χ2v) is 6.42. The van der Waals surface area contributed by atoms with Gasteiger partial charge in [-0.25, -0.2) is 5.43 Å². The third-order valence-electron chi connectivity index (χ3n) is 4.49. The van der Waals surface area contributed by atoms with Crippen LogP contribution in [0.5, 0.6) is 11.5 Å². The molecule has 27 heavy (non-hydrogen) atoms. The minimum atomic E-state index is -0.289. The third kappa shape index (κ3) is 4.06. The van der Waals surface area contributed by atoms with Gasteiger partial charge in [-0.15, -0.1) is 0 Å².